The Hall–Kier alpha value is -3.68. The van der Waals surface area contributed by atoms with Crippen molar-refractivity contribution in [3.05, 3.63) is 83.4 Å². The van der Waals surface area contributed by atoms with E-state index in [0.717, 1.165) is 12.8 Å². The number of nitrogens with one attached hydrogen (secondary N) is 3. The highest BCUT2D eigenvalue weighted by molar-refractivity contribution is 5.95. The average Bonchev–Trinajstić information content (AvgIpc) is 3.59. The minimum Gasteiger partial charge on any atom is -0.388 e. The molecule has 4 rings (SSSR count). The first kappa shape index (κ1) is 27.4. The van der Waals surface area contributed by atoms with Crippen LogP contribution >= 0.6 is 0 Å². The van der Waals surface area contributed by atoms with Crippen LogP contribution in [0.2, 0.25) is 0 Å². The summed E-state index contributed by atoms with van der Waals surface area (Å²) < 4.78 is 29.3. The summed E-state index contributed by atoms with van der Waals surface area (Å²) in [4.78, 5) is 28.0. The molecule has 1 aliphatic carbocycles. The monoisotopic (exact) mass is 522 g/mol. The topological polar surface area (TPSA) is 73.5 Å². The zero-order valence-corrected chi connectivity index (χ0v) is 22.5. The Bertz CT molecular complexity index is 1280. The minimum absolute atomic E-state index is 0.122. The molecule has 38 heavy (non-hydrogen) atoms. The quantitative estimate of drug-likeness (QED) is 0.427. The van der Waals surface area contributed by atoms with E-state index in [-0.39, 0.29) is 23.9 Å². The molecule has 1 saturated heterocycles. The molecule has 8 heteroatoms. The van der Waals surface area contributed by atoms with Crippen molar-refractivity contribution in [2.24, 2.45) is 0 Å². The highest BCUT2D eigenvalue weighted by Gasteiger charge is 2.50. The van der Waals surface area contributed by atoms with E-state index >= 15 is 4.39 Å². The number of amides is 2. The summed E-state index contributed by atoms with van der Waals surface area (Å²) in [5, 5.41) is 8.95. The van der Waals surface area contributed by atoms with Crippen molar-refractivity contribution in [1.82, 2.24) is 20.9 Å². The number of carbonyl (C=O) groups excluding carboxylic acids is 2. The molecular weight excluding hydrogens is 486 g/mol. The molecule has 0 radical (unpaired) electrons. The molecule has 6 nitrogen and oxygen atoms in total. The molecule has 0 aromatic heterocycles. The normalized spacial score (nSPS) is 20.4. The number of rotatable bonds is 9. The van der Waals surface area contributed by atoms with Crippen LogP contribution in [0.4, 0.5) is 8.78 Å². The van der Waals surface area contributed by atoms with E-state index in [9.17, 15) is 14.0 Å². The smallest absolute Gasteiger partial charge is 0.254 e. The van der Waals surface area contributed by atoms with Crippen molar-refractivity contribution in [3.8, 4) is 0 Å². The summed E-state index contributed by atoms with van der Waals surface area (Å²) in [5.41, 5.74) is 1.77. The Balaban J connectivity index is 1.43. The average molecular weight is 523 g/mol. The van der Waals surface area contributed by atoms with Gasteiger partial charge < -0.3 is 20.9 Å². The van der Waals surface area contributed by atoms with Gasteiger partial charge in [0.15, 0.2) is 0 Å². The summed E-state index contributed by atoms with van der Waals surface area (Å²) in [6.07, 6.45) is 3.00. The van der Waals surface area contributed by atoms with Gasteiger partial charge in [0.25, 0.3) is 5.91 Å². The predicted molar refractivity (Wildman–Crippen MR) is 146 cm³/mol. The highest BCUT2D eigenvalue weighted by Crippen LogP contribution is 2.38. The molecule has 2 amide bonds. The van der Waals surface area contributed by atoms with Crippen molar-refractivity contribution in [2.45, 2.75) is 70.1 Å². The van der Waals surface area contributed by atoms with Gasteiger partial charge in [-0.25, -0.2) is 8.78 Å². The lowest BCUT2D eigenvalue weighted by Gasteiger charge is -2.27. The third kappa shape index (κ3) is 5.44. The standard InChI is InChI=1S/C30H36F2N4O2/c1-17-7-8-18(2)36(17)28(37)22-9-10-26(27(32)16-22)21(5)34-29(38)30(11-12-30)35-20(4)24-13-23(19(3)33-6)14-25(31)15-24/h9-10,13-18,21,33,35H,3-4,7-8,11-12H2,1-2,5-6H3,(H,34,38)/t17-,18+,21-/m1/s1. The number of benzene rings is 2. The maximum absolute atomic E-state index is 15.1. The van der Waals surface area contributed by atoms with E-state index in [1.807, 2.05) is 18.7 Å². The van der Waals surface area contributed by atoms with Crippen LogP contribution < -0.4 is 16.0 Å². The van der Waals surface area contributed by atoms with Gasteiger partial charge in [-0.05, 0) is 76.8 Å². The van der Waals surface area contributed by atoms with E-state index in [4.69, 9.17) is 0 Å². The molecule has 2 aliphatic rings. The Morgan fingerprint density at radius 2 is 1.58 bits per heavy atom. The lowest BCUT2D eigenvalue weighted by molar-refractivity contribution is -0.124. The predicted octanol–water partition coefficient (Wildman–Crippen LogP) is 5.14. The fourth-order valence-electron chi connectivity index (χ4n) is 5.15. The second-order valence-corrected chi connectivity index (χ2v) is 10.6. The fourth-order valence-corrected chi connectivity index (χ4v) is 5.15. The SMILES string of the molecule is C=C(NC)c1cc(F)cc(C(=C)NC2(C(=O)N[C@H](C)c3ccc(C(=O)N4[C@H](C)CC[C@@H]4C)cc3F)CC2)c1. The first-order valence-corrected chi connectivity index (χ1v) is 13.0. The van der Waals surface area contributed by atoms with Crippen LogP contribution in [-0.2, 0) is 4.79 Å². The van der Waals surface area contributed by atoms with Gasteiger partial charge in [0.1, 0.15) is 17.2 Å². The maximum atomic E-state index is 15.1. The van der Waals surface area contributed by atoms with Crippen LogP contribution in [0, 0.1) is 11.6 Å². The molecule has 1 saturated carbocycles. The molecule has 0 unspecified atom stereocenters. The zero-order valence-electron chi connectivity index (χ0n) is 22.5. The first-order valence-electron chi connectivity index (χ1n) is 13.0. The molecule has 3 N–H and O–H groups in total. The Labute approximate surface area is 223 Å². The molecule has 1 aliphatic heterocycles. The third-order valence-corrected chi connectivity index (χ3v) is 7.72. The van der Waals surface area contributed by atoms with E-state index in [2.05, 4.69) is 29.1 Å². The number of halogens is 2. The molecule has 2 aromatic rings. The lowest BCUT2D eigenvalue weighted by atomic mass is 10.0. The van der Waals surface area contributed by atoms with Crippen LogP contribution in [0.15, 0.2) is 49.6 Å². The van der Waals surface area contributed by atoms with Crippen LogP contribution in [0.3, 0.4) is 0 Å². The van der Waals surface area contributed by atoms with Gasteiger partial charge in [0, 0.05) is 52.8 Å². The summed E-state index contributed by atoms with van der Waals surface area (Å²) in [6.45, 7) is 13.6. The number of hydrogen-bond donors (Lipinski definition) is 3. The third-order valence-electron chi connectivity index (χ3n) is 7.72. The van der Waals surface area contributed by atoms with Gasteiger partial charge in [-0.2, -0.15) is 0 Å². The lowest BCUT2D eigenvalue weighted by Crippen LogP contribution is -2.46. The van der Waals surface area contributed by atoms with Gasteiger partial charge >= 0.3 is 0 Å². The molecule has 2 fully saturated rings. The Morgan fingerprint density at radius 1 is 0.974 bits per heavy atom. The van der Waals surface area contributed by atoms with Crippen LogP contribution in [0.1, 0.15) is 79.5 Å². The first-order chi connectivity index (χ1) is 18.0. The number of carbonyl (C=O) groups is 2. The van der Waals surface area contributed by atoms with Crippen molar-refractivity contribution in [3.63, 3.8) is 0 Å². The summed E-state index contributed by atoms with van der Waals surface area (Å²) >= 11 is 0. The van der Waals surface area contributed by atoms with Gasteiger partial charge in [-0.1, -0.05) is 19.2 Å². The van der Waals surface area contributed by atoms with E-state index in [1.54, 1.807) is 32.2 Å². The summed E-state index contributed by atoms with van der Waals surface area (Å²) in [5.74, 6) is -1.45. The van der Waals surface area contributed by atoms with Crippen LogP contribution in [0.25, 0.3) is 11.4 Å². The van der Waals surface area contributed by atoms with Crippen LogP contribution in [0.5, 0.6) is 0 Å². The van der Waals surface area contributed by atoms with Gasteiger partial charge in [-0.15, -0.1) is 0 Å². The Morgan fingerprint density at radius 3 is 2.13 bits per heavy atom. The fraction of sp³-hybridized carbons (Fsp3) is 0.400. The molecule has 0 spiro atoms. The molecule has 2 aromatic carbocycles. The maximum Gasteiger partial charge on any atom is 0.254 e. The van der Waals surface area contributed by atoms with E-state index in [0.29, 0.717) is 46.5 Å². The van der Waals surface area contributed by atoms with Gasteiger partial charge in [-0.3, -0.25) is 9.59 Å². The second-order valence-electron chi connectivity index (χ2n) is 10.6. The highest BCUT2D eigenvalue weighted by atomic mass is 19.1. The summed E-state index contributed by atoms with van der Waals surface area (Å²) in [6, 6.07) is 8.53. The summed E-state index contributed by atoms with van der Waals surface area (Å²) in [7, 11) is 1.70. The largest absolute Gasteiger partial charge is 0.388 e. The van der Waals surface area contributed by atoms with Crippen molar-refractivity contribution >= 4 is 23.2 Å². The molecular formula is C30H36F2N4O2. The molecule has 3 atom stereocenters. The molecule has 0 bridgehead atoms. The number of hydrogen-bond acceptors (Lipinski definition) is 4. The van der Waals surface area contributed by atoms with Crippen molar-refractivity contribution in [2.75, 3.05) is 7.05 Å². The molecule has 202 valence electrons. The van der Waals surface area contributed by atoms with E-state index < -0.39 is 23.2 Å². The van der Waals surface area contributed by atoms with Gasteiger partial charge in [0.2, 0.25) is 5.91 Å². The van der Waals surface area contributed by atoms with E-state index in [1.165, 1.54) is 18.2 Å². The second kappa shape index (κ2) is 10.6. The van der Waals surface area contributed by atoms with Gasteiger partial charge in [0.05, 0.1) is 6.04 Å². The molecule has 1 heterocycles. The van der Waals surface area contributed by atoms with Crippen LogP contribution in [-0.4, -0.2) is 41.4 Å². The minimum atomic E-state index is -0.897. The zero-order chi connectivity index (χ0) is 27.8. The number of likely N-dealkylation sites (tertiary alicyclic amines) is 1. The van der Waals surface area contributed by atoms with Crippen molar-refractivity contribution < 1.29 is 18.4 Å². The van der Waals surface area contributed by atoms with Crippen molar-refractivity contribution in [1.29, 1.82) is 0 Å². The Kier molecular flexibility index (Phi) is 7.63. The number of nitrogens with zero attached hydrogens (tertiary/aromatic N) is 1.